The fourth-order valence-corrected chi connectivity index (χ4v) is 2.79. The lowest BCUT2D eigenvalue weighted by Crippen LogP contribution is -2.42. The van der Waals surface area contributed by atoms with Crippen LogP contribution in [0.1, 0.15) is 50.8 Å². The van der Waals surface area contributed by atoms with Crippen molar-refractivity contribution >= 4 is 6.03 Å². The van der Waals surface area contributed by atoms with E-state index in [1.165, 1.54) is 0 Å². The molecule has 1 N–H and O–H groups in total. The Hall–Kier alpha value is -1.59. The van der Waals surface area contributed by atoms with Crippen molar-refractivity contribution < 1.29 is 4.79 Å². The van der Waals surface area contributed by atoms with Crippen molar-refractivity contribution in [2.45, 2.75) is 58.2 Å². The van der Waals surface area contributed by atoms with Crippen LogP contribution in [0, 0.1) is 5.92 Å². The number of aryl methyl sites for hydroxylation is 1. The van der Waals surface area contributed by atoms with E-state index in [1.54, 1.807) is 0 Å². The van der Waals surface area contributed by atoms with Gasteiger partial charge in [-0.05, 0) is 25.2 Å². The molecule has 0 spiro atoms. The van der Waals surface area contributed by atoms with Gasteiger partial charge in [-0.1, -0.05) is 13.8 Å². The Kier molecular flexibility index (Phi) is 3.40. The van der Waals surface area contributed by atoms with E-state index in [-0.39, 0.29) is 12.1 Å². The maximum atomic E-state index is 12.3. The molecule has 0 aromatic carbocycles. The van der Waals surface area contributed by atoms with Gasteiger partial charge in [-0.25, -0.2) is 4.79 Å². The second-order valence-corrected chi connectivity index (χ2v) is 6.24. The van der Waals surface area contributed by atoms with E-state index >= 15 is 0 Å². The molecule has 2 aliphatic rings. The van der Waals surface area contributed by atoms with Gasteiger partial charge in [0.15, 0.2) is 5.82 Å². The highest BCUT2D eigenvalue weighted by molar-refractivity contribution is 5.75. The zero-order chi connectivity index (χ0) is 14.3. The minimum absolute atomic E-state index is 0.00143. The summed E-state index contributed by atoms with van der Waals surface area (Å²) in [6.07, 6.45) is 4.36. The van der Waals surface area contributed by atoms with E-state index in [9.17, 15) is 4.79 Å². The number of urea groups is 1. The number of amides is 2. The first-order chi connectivity index (χ1) is 9.58. The molecule has 2 heterocycles. The van der Waals surface area contributed by atoms with Gasteiger partial charge in [0, 0.05) is 26.1 Å². The summed E-state index contributed by atoms with van der Waals surface area (Å²) in [5.41, 5.74) is 0. The first-order valence-corrected chi connectivity index (χ1v) is 7.53. The van der Waals surface area contributed by atoms with Crippen molar-refractivity contribution in [2.24, 2.45) is 5.92 Å². The molecule has 0 unspecified atom stereocenters. The molecule has 0 radical (unpaired) electrons. The number of hydrogen-bond acceptors (Lipinski definition) is 3. The second kappa shape index (κ2) is 5.07. The number of nitrogens with one attached hydrogen (secondary N) is 1. The fraction of sp³-hybridized carbons (Fsp3) is 0.786. The van der Waals surface area contributed by atoms with Gasteiger partial charge in [0.1, 0.15) is 5.82 Å². The summed E-state index contributed by atoms with van der Waals surface area (Å²) in [6, 6.07) is 0.358. The minimum atomic E-state index is -0.0666. The molecule has 1 aromatic heterocycles. The molecule has 3 rings (SSSR count). The van der Waals surface area contributed by atoms with Gasteiger partial charge in [-0.2, -0.15) is 0 Å². The molecule has 110 valence electrons. The van der Waals surface area contributed by atoms with Crippen molar-refractivity contribution in [1.29, 1.82) is 0 Å². The van der Waals surface area contributed by atoms with Crippen LogP contribution in [0.2, 0.25) is 0 Å². The first kappa shape index (κ1) is 13.4. The molecule has 6 heteroatoms. The Morgan fingerprint density at radius 3 is 2.80 bits per heavy atom. The fourth-order valence-electron chi connectivity index (χ4n) is 2.79. The summed E-state index contributed by atoms with van der Waals surface area (Å²) in [5, 5.41) is 11.7. The van der Waals surface area contributed by atoms with Gasteiger partial charge in [0.05, 0.1) is 6.04 Å². The van der Waals surface area contributed by atoms with Crippen molar-refractivity contribution in [3.63, 3.8) is 0 Å². The molecule has 1 saturated carbocycles. The lowest BCUT2D eigenvalue weighted by atomic mass is 10.0. The Labute approximate surface area is 119 Å². The Balaban J connectivity index is 1.76. The molecule has 0 saturated heterocycles. The lowest BCUT2D eigenvalue weighted by molar-refractivity contribution is 0.197. The van der Waals surface area contributed by atoms with E-state index in [1.807, 2.05) is 11.9 Å². The van der Waals surface area contributed by atoms with Crippen LogP contribution in [0.15, 0.2) is 0 Å². The monoisotopic (exact) mass is 277 g/mol. The van der Waals surface area contributed by atoms with Gasteiger partial charge in [0.2, 0.25) is 0 Å². The highest BCUT2D eigenvalue weighted by Crippen LogP contribution is 2.28. The summed E-state index contributed by atoms with van der Waals surface area (Å²) in [6.45, 7) is 5.19. The third-order valence-electron chi connectivity index (χ3n) is 4.28. The summed E-state index contributed by atoms with van der Waals surface area (Å²) in [7, 11) is 1.87. The Morgan fingerprint density at radius 1 is 1.40 bits per heavy atom. The molecule has 1 aliphatic heterocycles. The molecular formula is C14H23N5O. The second-order valence-electron chi connectivity index (χ2n) is 6.24. The van der Waals surface area contributed by atoms with Crippen molar-refractivity contribution in [2.75, 3.05) is 7.05 Å². The third-order valence-corrected chi connectivity index (χ3v) is 4.28. The molecule has 20 heavy (non-hydrogen) atoms. The van der Waals surface area contributed by atoms with Gasteiger partial charge >= 0.3 is 6.03 Å². The van der Waals surface area contributed by atoms with Crippen LogP contribution in [-0.2, 0) is 13.0 Å². The maximum absolute atomic E-state index is 12.3. The van der Waals surface area contributed by atoms with Crippen LogP contribution < -0.4 is 5.32 Å². The van der Waals surface area contributed by atoms with Crippen molar-refractivity contribution in [3.05, 3.63) is 11.6 Å². The van der Waals surface area contributed by atoms with Crippen LogP contribution in [-0.4, -0.2) is 38.8 Å². The zero-order valence-electron chi connectivity index (χ0n) is 12.5. The number of rotatable bonds is 4. The molecule has 1 fully saturated rings. The van der Waals surface area contributed by atoms with E-state index in [4.69, 9.17) is 0 Å². The largest absolute Gasteiger partial charge is 0.328 e. The predicted molar refractivity (Wildman–Crippen MR) is 75.2 cm³/mol. The lowest BCUT2D eigenvalue weighted by Gasteiger charge is -2.25. The number of aromatic nitrogens is 3. The number of carbonyl (C=O) groups is 1. The summed E-state index contributed by atoms with van der Waals surface area (Å²) in [4.78, 5) is 14.1. The molecule has 1 aliphatic carbocycles. The first-order valence-electron chi connectivity index (χ1n) is 7.53. The normalized spacial score (nSPS) is 19.0. The van der Waals surface area contributed by atoms with Crippen molar-refractivity contribution in [3.8, 4) is 0 Å². The SMILES string of the molecule is CC(C)[C@H](NC(=O)N(C)C1CC1)c1nnc2n1CCC2. The van der Waals surface area contributed by atoms with Crippen LogP contribution >= 0.6 is 0 Å². The van der Waals surface area contributed by atoms with Gasteiger partial charge in [-0.3, -0.25) is 0 Å². The van der Waals surface area contributed by atoms with Crippen LogP contribution in [0.4, 0.5) is 4.79 Å². The van der Waals surface area contributed by atoms with Gasteiger partial charge in [0.25, 0.3) is 0 Å². The van der Waals surface area contributed by atoms with E-state index in [0.717, 1.165) is 43.9 Å². The van der Waals surface area contributed by atoms with E-state index in [0.29, 0.717) is 12.0 Å². The standard InChI is InChI=1S/C14H23N5O/c1-9(2)12(15-14(20)18(3)10-6-7-10)13-17-16-11-5-4-8-19(11)13/h9-10,12H,4-8H2,1-3H3,(H,15,20)/t12-/m0/s1. The quantitative estimate of drug-likeness (QED) is 0.911. The summed E-state index contributed by atoms with van der Waals surface area (Å²) < 4.78 is 2.17. The summed E-state index contributed by atoms with van der Waals surface area (Å²) >= 11 is 0. The molecule has 6 nitrogen and oxygen atoms in total. The van der Waals surface area contributed by atoms with Gasteiger partial charge < -0.3 is 14.8 Å². The third kappa shape index (κ3) is 2.39. The average molecular weight is 277 g/mol. The Bertz CT molecular complexity index is 506. The minimum Gasteiger partial charge on any atom is -0.328 e. The predicted octanol–water partition coefficient (Wildman–Crippen LogP) is 1.73. The average Bonchev–Trinajstić information content (AvgIpc) is 3.02. The number of carbonyl (C=O) groups excluding carboxylic acids is 1. The summed E-state index contributed by atoms with van der Waals surface area (Å²) in [5.74, 6) is 2.25. The van der Waals surface area contributed by atoms with Crippen LogP contribution in [0.25, 0.3) is 0 Å². The highest BCUT2D eigenvalue weighted by Gasteiger charge is 2.33. The van der Waals surface area contributed by atoms with E-state index in [2.05, 4.69) is 33.9 Å². The molecule has 1 atom stereocenters. The maximum Gasteiger partial charge on any atom is 0.317 e. The molecular weight excluding hydrogens is 254 g/mol. The molecule has 2 amide bonds. The smallest absolute Gasteiger partial charge is 0.317 e. The van der Waals surface area contributed by atoms with Gasteiger partial charge in [-0.15, -0.1) is 10.2 Å². The number of hydrogen-bond donors (Lipinski definition) is 1. The zero-order valence-corrected chi connectivity index (χ0v) is 12.5. The Morgan fingerprint density at radius 2 is 2.15 bits per heavy atom. The molecule has 0 bridgehead atoms. The topological polar surface area (TPSA) is 63.1 Å². The number of nitrogens with zero attached hydrogens (tertiary/aromatic N) is 4. The van der Waals surface area contributed by atoms with E-state index < -0.39 is 0 Å². The number of fused-ring (bicyclic) bond motifs is 1. The van der Waals surface area contributed by atoms with Crippen molar-refractivity contribution in [1.82, 2.24) is 25.0 Å². The van der Waals surface area contributed by atoms with Crippen LogP contribution in [0.5, 0.6) is 0 Å². The highest BCUT2D eigenvalue weighted by atomic mass is 16.2. The van der Waals surface area contributed by atoms with Crippen LogP contribution in [0.3, 0.4) is 0 Å². The molecule has 1 aromatic rings.